The first-order valence-corrected chi connectivity index (χ1v) is 8.95. The fourth-order valence-corrected chi connectivity index (χ4v) is 2.72. The van der Waals surface area contributed by atoms with Gasteiger partial charge in [0, 0.05) is 12.1 Å². The monoisotopic (exact) mass is 369 g/mol. The van der Waals surface area contributed by atoms with Crippen molar-refractivity contribution in [3.8, 4) is 5.75 Å². The molecule has 2 rings (SSSR count). The molecule has 0 radical (unpaired) electrons. The predicted molar refractivity (Wildman–Crippen MR) is 106 cm³/mol. The molecule has 3 N–H and O–H groups in total. The third-order valence-corrected chi connectivity index (χ3v) is 4.38. The molecule has 2 aromatic carbocycles. The lowest BCUT2D eigenvalue weighted by Gasteiger charge is -2.25. The van der Waals surface area contributed by atoms with Gasteiger partial charge >= 0.3 is 0 Å². The number of nitrogens with one attached hydrogen (secondary N) is 1. The second kappa shape index (κ2) is 9.73. The van der Waals surface area contributed by atoms with Crippen molar-refractivity contribution < 1.29 is 14.3 Å². The molecule has 0 aromatic heterocycles. The summed E-state index contributed by atoms with van der Waals surface area (Å²) in [4.78, 5) is 25.4. The van der Waals surface area contributed by atoms with E-state index in [9.17, 15) is 9.59 Å². The van der Waals surface area contributed by atoms with E-state index in [1.54, 1.807) is 18.2 Å². The minimum Gasteiger partial charge on any atom is -0.484 e. The highest BCUT2D eigenvalue weighted by Gasteiger charge is 2.15. The van der Waals surface area contributed by atoms with Gasteiger partial charge in [0.25, 0.3) is 5.91 Å². The van der Waals surface area contributed by atoms with Gasteiger partial charge in [0.1, 0.15) is 5.75 Å². The van der Waals surface area contributed by atoms with Gasteiger partial charge in [-0.05, 0) is 49.8 Å². The Hall–Kier alpha value is -2.86. The quantitative estimate of drug-likeness (QED) is 0.709. The summed E-state index contributed by atoms with van der Waals surface area (Å²) < 4.78 is 5.45. The Morgan fingerprint density at radius 3 is 2.44 bits per heavy atom. The van der Waals surface area contributed by atoms with E-state index in [2.05, 4.69) is 41.4 Å². The third kappa shape index (κ3) is 6.11. The van der Waals surface area contributed by atoms with Crippen LogP contribution in [0.3, 0.4) is 0 Å². The van der Waals surface area contributed by atoms with Crippen LogP contribution in [-0.2, 0) is 11.2 Å². The SMILES string of the molecule is CCc1ccc(C(CNC(=O)COc2cccc(C(N)=O)c2)N(C)C)cc1. The minimum atomic E-state index is -0.534. The Morgan fingerprint density at radius 2 is 1.85 bits per heavy atom. The summed E-state index contributed by atoms with van der Waals surface area (Å²) in [6.07, 6.45) is 0.998. The van der Waals surface area contributed by atoms with Crippen molar-refractivity contribution in [2.24, 2.45) is 5.73 Å². The van der Waals surface area contributed by atoms with Gasteiger partial charge in [-0.25, -0.2) is 0 Å². The minimum absolute atomic E-state index is 0.0676. The van der Waals surface area contributed by atoms with Crippen molar-refractivity contribution in [3.05, 3.63) is 65.2 Å². The van der Waals surface area contributed by atoms with Gasteiger partial charge in [0.05, 0.1) is 6.04 Å². The summed E-state index contributed by atoms with van der Waals surface area (Å²) in [6.45, 7) is 2.47. The van der Waals surface area contributed by atoms with E-state index in [0.29, 0.717) is 17.9 Å². The van der Waals surface area contributed by atoms with Gasteiger partial charge in [-0.2, -0.15) is 0 Å². The molecule has 0 aliphatic carbocycles. The fraction of sp³-hybridized carbons (Fsp3) is 0.333. The van der Waals surface area contributed by atoms with Crippen LogP contribution in [0, 0.1) is 0 Å². The van der Waals surface area contributed by atoms with Crippen LogP contribution in [0.5, 0.6) is 5.75 Å². The van der Waals surface area contributed by atoms with Crippen LogP contribution >= 0.6 is 0 Å². The molecule has 0 fully saturated rings. The molecule has 0 spiro atoms. The molecule has 0 bridgehead atoms. The molecule has 6 heteroatoms. The third-order valence-electron chi connectivity index (χ3n) is 4.38. The Labute approximate surface area is 160 Å². The van der Waals surface area contributed by atoms with Crippen molar-refractivity contribution >= 4 is 11.8 Å². The number of benzene rings is 2. The van der Waals surface area contributed by atoms with E-state index in [-0.39, 0.29) is 18.6 Å². The number of likely N-dealkylation sites (N-methyl/N-ethyl adjacent to an activating group) is 1. The molecule has 1 atom stereocenters. The number of amides is 2. The van der Waals surface area contributed by atoms with Crippen LogP contribution in [0.15, 0.2) is 48.5 Å². The Bertz CT molecular complexity index is 772. The van der Waals surface area contributed by atoms with Gasteiger partial charge in [0.15, 0.2) is 6.61 Å². The summed E-state index contributed by atoms with van der Waals surface area (Å²) in [7, 11) is 3.97. The van der Waals surface area contributed by atoms with Gasteiger partial charge in [0.2, 0.25) is 5.91 Å². The number of carbonyl (C=O) groups excluding carboxylic acids is 2. The normalized spacial score (nSPS) is 11.9. The molecule has 0 aliphatic rings. The zero-order valence-electron chi connectivity index (χ0n) is 16.1. The van der Waals surface area contributed by atoms with Crippen molar-refractivity contribution in [2.45, 2.75) is 19.4 Å². The second-order valence-electron chi connectivity index (χ2n) is 6.56. The molecule has 0 heterocycles. The molecule has 2 aromatic rings. The maximum Gasteiger partial charge on any atom is 0.258 e. The van der Waals surface area contributed by atoms with E-state index in [1.165, 1.54) is 11.6 Å². The Kier molecular flexibility index (Phi) is 7.37. The molecular formula is C21H27N3O3. The van der Waals surface area contributed by atoms with Crippen molar-refractivity contribution in [2.75, 3.05) is 27.2 Å². The first-order valence-electron chi connectivity index (χ1n) is 8.95. The van der Waals surface area contributed by atoms with Crippen LogP contribution in [0.4, 0.5) is 0 Å². The summed E-state index contributed by atoms with van der Waals surface area (Å²) in [5, 5.41) is 2.90. The summed E-state index contributed by atoms with van der Waals surface area (Å²) in [5.41, 5.74) is 8.02. The number of carbonyl (C=O) groups is 2. The molecular weight excluding hydrogens is 342 g/mol. The Morgan fingerprint density at radius 1 is 1.15 bits per heavy atom. The molecule has 27 heavy (non-hydrogen) atoms. The topological polar surface area (TPSA) is 84.7 Å². The maximum atomic E-state index is 12.1. The first-order chi connectivity index (χ1) is 12.9. The summed E-state index contributed by atoms with van der Waals surface area (Å²) >= 11 is 0. The van der Waals surface area contributed by atoms with Gasteiger partial charge < -0.3 is 20.7 Å². The standard InChI is InChI=1S/C21H27N3O3/c1-4-15-8-10-16(11-9-15)19(24(2)3)13-23-20(25)14-27-18-7-5-6-17(12-18)21(22)26/h5-12,19H,4,13-14H2,1-3H3,(H2,22,26)(H,23,25). The summed E-state index contributed by atoms with van der Waals surface area (Å²) in [5.74, 6) is -0.329. The van der Waals surface area contributed by atoms with Crippen LogP contribution in [-0.4, -0.2) is 44.0 Å². The average molecular weight is 369 g/mol. The lowest BCUT2D eigenvalue weighted by Crippen LogP contribution is -2.36. The van der Waals surface area contributed by atoms with Gasteiger partial charge in [-0.1, -0.05) is 37.3 Å². The van der Waals surface area contributed by atoms with Crippen LogP contribution in [0.25, 0.3) is 0 Å². The highest BCUT2D eigenvalue weighted by Crippen LogP contribution is 2.18. The molecule has 144 valence electrons. The van der Waals surface area contributed by atoms with E-state index in [4.69, 9.17) is 10.5 Å². The van der Waals surface area contributed by atoms with Gasteiger partial charge in [-0.3, -0.25) is 9.59 Å². The molecule has 1 unspecified atom stereocenters. The van der Waals surface area contributed by atoms with E-state index in [0.717, 1.165) is 12.0 Å². The Balaban J connectivity index is 1.90. The van der Waals surface area contributed by atoms with E-state index < -0.39 is 5.91 Å². The highest BCUT2D eigenvalue weighted by atomic mass is 16.5. The molecule has 6 nitrogen and oxygen atoms in total. The zero-order valence-corrected chi connectivity index (χ0v) is 16.1. The number of nitrogens with zero attached hydrogens (tertiary/aromatic N) is 1. The number of hydrogen-bond donors (Lipinski definition) is 2. The number of ether oxygens (including phenoxy) is 1. The number of aryl methyl sites for hydroxylation is 1. The van der Waals surface area contributed by atoms with Crippen LogP contribution < -0.4 is 15.8 Å². The average Bonchev–Trinajstić information content (AvgIpc) is 2.67. The largest absolute Gasteiger partial charge is 0.484 e. The smallest absolute Gasteiger partial charge is 0.258 e. The summed E-state index contributed by atoms with van der Waals surface area (Å²) in [6, 6.07) is 15.0. The first kappa shape index (κ1) is 20.5. The van der Waals surface area contributed by atoms with Crippen molar-refractivity contribution in [3.63, 3.8) is 0 Å². The number of primary amides is 1. The fourth-order valence-electron chi connectivity index (χ4n) is 2.72. The van der Waals surface area contributed by atoms with Crippen LogP contribution in [0.2, 0.25) is 0 Å². The lowest BCUT2D eigenvalue weighted by atomic mass is 10.0. The van der Waals surface area contributed by atoms with Crippen LogP contribution in [0.1, 0.15) is 34.5 Å². The van der Waals surface area contributed by atoms with E-state index >= 15 is 0 Å². The number of hydrogen-bond acceptors (Lipinski definition) is 4. The zero-order chi connectivity index (χ0) is 19.8. The predicted octanol–water partition coefficient (Wildman–Crippen LogP) is 2.15. The second-order valence-corrected chi connectivity index (χ2v) is 6.56. The molecule has 0 saturated heterocycles. The number of rotatable bonds is 9. The van der Waals surface area contributed by atoms with Crippen molar-refractivity contribution in [1.29, 1.82) is 0 Å². The molecule has 0 aliphatic heterocycles. The maximum absolute atomic E-state index is 12.1. The van der Waals surface area contributed by atoms with Gasteiger partial charge in [-0.15, -0.1) is 0 Å². The molecule has 0 saturated carbocycles. The van der Waals surface area contributed by atoms with E-state index in [1.807, 2.05) is 14.1 Å². The van der Waals surface area contributed by atoms with Crippen molar-refractivity contribution in [1.82, 2.24) is 10.2 Å². The highest BCUT2D eigenvalue weighted by molar-refractivity contribution is 5.93. The number of nitrogens with two attached hydrogens (primary N) is 1. The lowest BCUT2D eigenvalue weighted by molar-refractivity contribution is -0.123. The molecule has 2 amide bonds.